The van der Waals surface area contributed by atoms with Crippen molar-refractivity contribution in [3.63, 3.8) is 0 Å². The highest BCUT2D eigenvalue weighted by Gasteiger charge is 2.45. The molecule has 1 aliphatic carbocycles. The summed E-state index contributed by atoms with van der Waals surface area (Å²) in [6.45, 7) is 3.15. The molecule has 1 aromatic rings. The average Bonchev–Trinajstić information content (AvgIpc) is 2.90. The van der Waals surface area contributed by atoms with Crippen LogP contribution in [0, 0.1) is 12.7 Å². The number of hydrogen-bond acceptors (Lipinski definition) is 4. The summed E-state index contributed by atoms with van der Waals surface area (Å²) in [7, 11) is 1.94. The molecule has 1 saturated heterocycles. The zero-order chi connectivity index (χ0) is 14.9. The maximum absolute atomic E-state index is 13.2. The molecular formula is C16H22FNO3. The van der Waals surface area contributed by atoms with Crippen molar-refractivity contribution in [2.75, 3.05) is 20.3 Å². The number of rotatable bonds is 3. The van der Waals surface area contributed by atoms with Crippen LogP contribution in [0.4, 0.5) is 4.39 Å². The lowest BCUT2D eigenvalue weighted by atomic mass is 9.87. The molecule has 0 amide bonds. The number of likely N-dealkylation sites (N-methyl/N-ethyl adjacent to an activating group) is 1. The highest BCUT2D eigenvalue weighted by atomic mass is 19.1. The van der Waals surface area contributed by atoms with Crippen molar-refractivity contribution in [2.24, 2.45) is 0 Å². The van der Waals surface area contributed by atoms with Crippen molar-refractivity contribution in [3.05, 3.63) is 29.6 Å². The summed E-state index contributed by atoms with van der Waals surface area (Å²) in [5.41, 5.74) is 0.803. The number of ether oxygens (including phenoxy) is 3. The van der Waals surface area contributed by atoms with Gasteiger partial charge in [-0.05, 0) is 44.2 Å². The lowest BCUT2D eigenvalue weighted by molar-refractivity contribution is -0.196. The van der Waals surface area contributed by atoms with Crippen molar-refractivity contribution < 1.29 is 18.6 Å². The molecule has 0 radical (unpaired) electrons. The van der Waals surface area contributed by atoms with Crippen molar-refractivity contribution in [3.8, 4) is 5.75 Å². The summed E-state index contributed by atoms with van der Waals surface area (Å²) in [6, 6.07) is 4.85. The maximum atomic E-state index is 13.2. The fraction of sp³-hybridized carbons (Fsp3) is 0.625. The maximum Gasteiger partial charge on any atom is 0.172 e. The van der Waals surface area contributed by atoms with Crippen LogP contribution in [0.25, 0.3) is 0 Å². The minimum Gasteiger partial charge on any atom is -0.488 e. The second-order valence-corrected chi connectivity index (χ2v) is 5.81. The largest absolute Gasteiger partial charge is 0.488 e. The minimum atomic E-state index is -0.494. The zero-order valence-electron chi connectivity index (χ0n) is 12.5. The Bertz CT molecular complexity index is 502. The Balaban J connectivity index is 1.76. The molecule has 1 aromatic carbocycles. The summed E-state index contributed by atoms with van der Waals surface area (Å²) < 4.78 is 30.9. The Kier molecular flexibility index (Phi) is 4.15. The van der Waals surface area contributed by atoms with E-state index in [2.05, 4.69) is 5.32 Å². The monoisotopic (exact) mass is 295 g/mol. The summed E-state index contributed by atoms with van der Waals surface area (Å²) in [5, 5.41) is 3.30. The van der Waals surface area contributed by atoms with Crippen LogP contribution in [-0.2, 0) is 9.47 Å². The minimum absolute atomic E-state index is 0.0500. The number of halogens is 1. The molecule has 1 saturated carbocycles. The number of benzene rings is 1. The Morgan fingerprint density at radius 2 is 2.10 bits per heavy atom. The van der Waals surface area contributed by atoms with Gasteiger partial charge >= 0.3 is 0 Å². The molecule has 2 fully saturated rings. The Morgan fingerprint density at radius 1 is 1.33 bits per heavy atom. The first kappa shape index (κ1) is 14.8. The van der Waals surface area contributed by atoms with E-state index in [9.17, 15) is 4.39 Å². The number of aryl methyl sites for hydroxylation is 1. The van der Waals surface area contributed by atoms with Gasteiger partial charge in [0.1, 0.15) is 17.7 Å². The lowest BCUT2D eigenvalue weighted by Gasteiger charge is -2.40. The quantitative estimate of drug-likeness (QED) is 0.929. The zero-order valence-corrected chi connectivity index (χ0v) is 12.5. The first-order valence-electron chi connectivity index (χ1n) is 7.50. The van der Waals surface area contributed by atoms with Gasteiger partial charge < -0.3 is 19.5 Å². The first-order chi connectivity index (χ1) is 10.1. The average molecular weight is 295 g/mol. The van der Waals surface area contributed by atoms with Crippen molar-refractivity contribution in [2.45, 2.75) is 44.1 Å². The summed E-state index contributed by atoms with van der Waals surface area (Å²) in [5.74, 6) is -0.0179. The van der Waals surface area contributed by atoms with E-state index in [1.807, 2.05) is 14.0 Å². The van der Waals surface area contributed by atoms with Gasteiger partial charge in [0.05, 0.1) is 13.2 Å². The molecule has 1 N–H and O–H groups in total. The van der Waals surface area contributed by atoms with Gasteiger partial charge in [0.2, 0.25) is 0 Å². The molecule has 21 heavy (non-hydrogen) atoms. The second kappa shape index (κ2) is 5.91. The highest BCUT2D eigenvalue weighted by Crippen LogP contribution is 2.37. The Hall–Kier alpha value is -1.17. The molecule has 2 aliphatic rings. The van der Waals surface area contributed by atoms with Crippen LogP contribution in [0.15, 0.2) is 18.2 Å². The third kappa shape index (κ3) is 3.05. The van der Waals surface area contributed by atoms with E-state index in [0.717, 1.165) is 24.2 Å². The topological polar surface area (TPSA) is 39.7 Å². The molecule has 4 nitrogen and oxygen atoms in total. The van der Waals surface area contributed by atoms with Crippen LogP contribution in [0.2, 0.25) is 0 Å². The molecule has 5 heteroatoms. The molecule has 0 aromatic heterocycles. The van der Waals surface area contributed by atoms with Crippen LogP contribution in [0.1, 0.15) is 24.8 Å². The molecule has 116 valence electrons. The lowest BCUT2D eigenvalue weighted by Crippen LogP contribution is -2.52. The summed E-state index contributed by atoms with van der Waals surface area (Å²) >= 11 is 0. The van der Waals surface area contributed by atoms with Gasteiger partial charge in [-0.2, -0.15) is 0 Å². The summed E-state index contributed by atoms with van der Waals surface area (Å²) in [6.07, 6.45) is 2.45. The van der Waals surface area contributed by atoms with E-state index in [-0.39, 0.29) is 18.0 Å². The van der Waals surface area contributed by atoms with Crippen LogP contribution in [0.3, 0.4) is 0 Å². The smallest absolute Gasteiger partial charge is 0.172 e. The molecule has 2 unspecified atom stereocenters. The fourth-order valence-electron chi connectivity index (χ4n) is 3.23. The highest BCUT2D eigenvalue weighted by molar-refractivity contribution is 5.33. The van der Waals surface area contributed by atoms with Gasteiger partial charge in [0.25, 0.3) is 0 Å². The van der Waals surface area contributed by atoms with Crippen LogP contribution in [-0.4, -0.2) is 38.2 Å². The molecule has 3 rings (SSSR count). The van der Waals surface area contributed by atoms with E-state index >= 15 is 0 Å². The van der Waals surface area contributed by atoms with Crippen LogP contribution < -0.4 is 10.1 Å². The molecule has 1 heterocycles. The predicted molar refractivity (Wildman–Crippen MR) is 76.9 cm³/mol. The van der Waals surface area contributed by atoms with Gasteiger partial charge in [0, 0.05) is 18.9 Å². The van der Waals surface area contributed by atoms with Crippen molar-refractivity contribution in [1.82, 2.24) is 5.32 Å². The third-order valence-electron chi connectivity index (χ3n) is 4.40. The molecule has 2 atom stereocenters. The van der Waals surface area contributed by atoms with Gasteiger partial charge in [-0.15, -0.1) is 0 Å². The molecule has 1 spiro atoms. The van der Waals surface area contributed by atoms with E-state index < -0.39 is 5.79 Å². The second-order valence-electron chi connectivity index (χ2n) is 5.81. The molecule has 0 bridgehead atoms. The van der Waals surface area contributed by atoms with Gasteiger partial charge in [-0.25, -0.2) is 4.39 Å². The van der Waals surface area contributed by atoms with E-state index in [1.165, 1.54) is 12.1 Å². The van der Waals surface area contributed by atoms with Gasteiger partial charge in [-0.1, -0.05) is 0 Å². The number of nitrogens with one attached hydrogen (secondary N) is 1. The Labute approximate surface area is 124 Å². The SMILES string of the molecule is CNC1CCC2(CC1Oc1ccc(F)cc1C)OCCO2. The predicted octanol–water partition coefficient (Wildman–Crippen LogP) is 2.40. The van der Waals surface area contributed by atoms with Crippen LogP contribution in [0.5, 0.6) is 5.75 Å². The fourth-order valence-corrected chi connectivity index (χ4v) is 3.23. The van der Waals surface area contributed by atoms with Gasteiger partial charge in [-0.3, -0.25) is 0 Å². The Morgan fingerprint density at radius 3 is 2.76 bits per heavy atom. The van der Waals surface area contributed by atoms with Crippen LogP contribution >= 0.6 is 0 Å². The first-order valence-corrected chi connectivity index (χ1v) is 7.50. The normalized spacial score (nSPS) is 28.0. The molecular weight excluding hydrogens is 273 g/mol. The van der Waals surface area contributed by atoms with E-state index in [1.54, 1.807) is 6.07 Å². The molecule has 1 aliphatic heterocycles. The van der Waals surface area contributed by atoms with E-state index in [0.29, 0.717) is 19.6 Å². The summed E-state index contributed by atoms with van der Waals surface area (Å²) in [4.78, 5) is 0. The van der Waals surface area contributed by atoms with Crippen molar-refractivity contribution >= 4 is 0 Å². The number of hydrogen-bond donors (Lipinski definition) is 1. The third-order valence-corrected chi connectivity index (χ3v) is 4.40. The van der Waals surface area contributed by atoms with E-state index in [4.69, 9.17) is 14.2 Å². The van der Waals surface area contributed by atoms with Crippen molar-refractivity contribution in [1.29, 1.82) is 0 Å². The van der Waals surface area contributed by atoms with Gasteiger partial charge in [0.15, 0.2) is 5.79 Å². The standard InChI is InChI=1S/C16H22FNO3/c1-11-9-12(17)3-4-14(11)21-15-10-16(19-7-8-20-16)6-5-13(15)18-2/h3-4,9,13,15,18H,5-8,10H2,1-2H3.